The van der Waals surface area contributed by atoms with Crippen molar-refractivity contribution < 1.29 is 14.1 Å². The van der Waals surface area contributed by atoms with E-state index in [1.165, 1.54) is 5.39 Å². The van der Waals surface area contributed by atoms with Gasteiger partial charge >= 0.3 is 6.03 Å². The van der Waals surface area contributed by atoms with Gasteiger partial charge in [0.1, 0.15) is 6.61 Å². The first-order valence-electron chi connectivity index (χ1n) is 9.83. The van der Waals surface area contributed by atoms with E-state index in [9.17, 15) is 4.79 Å². The molecule has 2 amide bonds. The minimum absolute atomic E-state index is 0.0130. The Kier molecular flexibility index (Phi) is 6.06. The zero-order valence-corrected chi connectivity index (χ0v) is 16.6. The largest absolute Gasteiger partial charge is 0.377 e. The highest BCUT2D eigenvalue weighted by molar-refractivity contribution is 5.80. The van der Waals surface area contributed by atoms with Crippen molar-refractivity contribution in [2.24, 2.45) is 0 Å². The second-order valence-corrected chi connectivity index (χ2v) is 7.16. The number of ether oxygens (including phenoxy) is 1. The molecule has 0 unspecified atom stereocenters. The van der Waals surface area contributed by atoms with Crippen LogP contribution in [0.4, 0.5) is 4.79 Å². The van der Waals surface area contributed by atoms with Gasteiger partial charge in [0.2, 0.25) is 5.89 Å². The van der Waals surface area contributed by atoms with Gasteiger partial charge in [-0.3, -0.25) is 4.90 Å². The molecule has 154 valence electrons. The number of amides is 2. The molecule has 1 aliphatic rings. The Morgan fingerprint density at radius 3 is 2.90 bits per heavy atom. The summed E-state index contributed by atoms with van der Waals surface area (Å²) in [6, 6.07) is 10.3. The third-order valence-corrected chi connectivity index (χ3v) is 5.06. The fourth-order valence-electron chi connectivity index (χ4n) is 3.53. The summed E-state index contributed by atoms with van der Waals surface area (Å²) < 4.78 is 10.2. The quantitative estimate of drug-likeness (QED) is 0.629. The molecule has 29 heavy (non-hydrogen) atoms. The highest BCUT2D eigenvalue weighted by Gasteiger charge is 2.22. The number of piperazine rings is 1. The van der Waals surface area contributed by atoms with Crippen molar-refractivity contribution >= 4 is 16.9 Å². The minimum atomic E-state index is -0.0130. The lowest BCUT2D eigenvalue weighted by atomic mass is 10.2. The van der Waals surface area contributed by atoms with Crippen molar-refractivity contribution in [1.82, 2.24) is 30.2 Å². The number of carbonyl (C=O) groups excluding carboxylic acids is 1. The molecule has 9 nitrogen and oxygen atoms in total. The Labute approximate surface area is 169 Å². The van der Waals surface area contributed by atoms with Crippen LogP contribution in [0.1, 0.15) is 17.4 Å². The third-order valence-electron chi connectivity index (χ3n) is 5.06. The summed E-state index contributed by atoms with van der Waals surface area (Å²) in [6.07, 6.45) is 0.779. The number of benzene rings is 1. The Hall–Kier alpha value is -2.91. The number of para-hydroxylation sites is 1. The number of nitrogens with one attached hydrogen (secondary N) is 2. The fraction of sp³-hybridized carbons (Fsp3) is 0.450. The zero-order chi connectivity index (χ0) is 20.1. The van der Waals surface area contributed by atoms with Crippen LogP contribution in [-0.2, 0) is 24.3 Å². The Morgan fingerprint density at radius 1 is 1.28 bits per heavy atom. The summed E-state index contributed by atoms with van der Waals surface area (Å²) in [7, 11) is 1.60. The van der Waals surface area contributed by atoms with E-state index in [1.54, 1.807) is 7.11 Å². The van der Waals surface area contributed by atoms with Crippen LogP contribution in [0.2, 0.25) is 0 Å². The molecule has 3 aromatic rings. The molecule has 4 rings (SSSR count). The molecule has 0 spiro atoms. The van der Waals surface area contributed by atoms with Crippen molar-refractivity contribution in [3.8, 4) is 0 Å². The molecular weight excluding hydrogens is 372 g/mol. The molecule has 1 aromatic carbocycles. The van der Waals surface area contributed by atoms with Crippen molar-refractivity contribution in [3.63, 3.8) is 0 Å². The molecule has 0 aliphatic carbocycles. The number of methoxy groups -OCH3 is 1. The van der Waals surface area contributed by atoms with Crippen LogP contribution in [0, 0.1) is 0 Å². The number of H-pyrrole nitrogens is 1. The van der Waals surface area contributed by atoms with Gasteiger partial charge in [-0.25, -0.2) is 4.79 Å². The van der Waals surface area contributed by atoms with Gasteiger partial charge in [-0.15, -0.1) is 0 Å². The summed E-state index contributed by atoms with van der Waals surface area (Å²) in [5.74, 6) is 1.13. The number of hydrogen-bond acceptors (Lipinski definition) is 6. The van der Waals surface area contributed by atoms with E-state index in [0.29, 0.717) is 44.5 Å². The molecule has 1 fully saturated rings. The smallest absolute Gasteiger partial charge is 0.317 e. The first kappa shape index (κ1) is 19.4. The molecule has 0 saturated carbocycles. The lowest BCUT2D eigenvalue weighted by Crippen LogP contribution is -2.51. The highest BCUT2D eigenvalue weighted by Crippen LogP contribution is 2.14. The van der Waals surface area contributed by atoms with Crippen LogP contribution in [0.15, 0.2) is 34.9 Å². The monoisotopic (exact) mass is 398 g/mol. The van der Waals surface area contributed by atoms with E-state index in [0.717, 1.165) is 30.7 Å². The predicted octanol–water partition coefficient (Wildman–Crippen LogP) is 1.77. The summed E-state index contributed by atoms with van der Waals surface area (Å²) in [4.78, 5) is 24.2. The first-order valence-corrected chi connectivity index (χ1v) is 9.83. The van der Waals surface area contributed by atoms with E-state index in [2.05, 4.69) is 43.5 Å². The first-order chi connectivity index (χ1) is 14.2. The SMILES string of the molecule is COCc1noc(CN2CCN(C(=O)NCCc3cc4ccccc4[nH]3)CC2)n1. The fourth-order valence-corrected chi connectivity index (χ4v) is 3.53. The maximum atomic E-state index is 12.4. The van der Waals surface area contributed by atoms with Gasteiger partial charge < -0.3 is 24.5 Å². The molecule has 0 bridgehead atoms. The van der Waals surface area contributed by atoms with E-state index in [-0.39, 0.29) is 6.03 Å². The summed E-state index contributed by atoms with van der Waals surface area (Å²) >= 11 is 0. The lowest BCUT2D eigenvalue weighted by molar-refractivity contribution is 0.126. The number of hydrogen-bond donors (Lipinski definition) is 2. The number of carbonyl (C=O) groups is 1. The molecule has 2 aromatic heterocycles. The highest BCUT2D eigenvalue weighted by atomic mass is 16.5. The van der Waals surface area contributed by atoms with Gasteiger partial charge in [-0.1, -0.05) is 23.4 Å². The molecular formula is C20H26N6O3. The van der Waals surface area contributed by atoms with Crippen LogP contribution >= 0.6 is 0 Å². The van der Waals surface area contributed by atoms with Crippen LogP contribution in [0.25, 0.3) is 10.9 Å². The van der Waals surface area contributed by atoms with Gasteiger partial charge in [-0.05, 0) is 17.5 Å². The second kappa shape index (κ2) is 9.06. The van der Waals surface area contributed by atoms with E-state index >= 15 is 0 Å². The van der Waals surface area contributed by atoms with Gasteiger partial charge in [0.15, 0.2) is 5.82 Å². The van der Waals surface area contributed by atoms with Crippen molar-refractivity contribution in [2.75, 3.05) is 39.8 Å². The van der Waals surface area contributed by atoms with Gasteiger partial charge in [0, 0.05) is 57.5 Å². The maximum Gasteiger partial charge on any atom is 0.317 e. The van der Waals surface area contributed by atoms with Crippen LogP contribution in [0.3, 0.4) is 0 Å². The molecule has 1 saturated heterocycles. The van der Waals surface area contributed by atoms with E-state index in [1.807, 2.05) is 17.0 Å². The van der Waals surface area contributed by atoms with Crippen molar-refractivity contribution in [2.45, 2.75) is 19.6 Å². The minimum Gasteiger partial charge on any atom is -0.377 e. The summed E-state index contributed by atoms with van der Waals surface area (Å²) in [5.41, 5.74) is 2.25. The zero-order valence-electron chi connectivity index (χ0n) is 16.6. The predicted molar refractivity (Wildman–Crippen MR) is 107 cm³/mol. The van der Waals surface area contributed by atoms with E-state index < -0.39 is 0 Å². The van der Waals surface area contributed by atoms with Crippen molar-refractivity contribution in [3.05, 3.63) is 47.7 Å². The number of aromatic nitrogens is 3. The van der Waals surface area contributed by atoms with Gasteiger partial charge in [-0.2, -0.15) is 4.98 Å². The number of nitrogens with zero attached hydrogens (tertiary/aromatic N) is 4. The molecule has 0 atom stereocenters. The number of rotatable bonds is 7. The maximum absolute atomic E-state index is 12.4. The molecule has 2 N–H and O–H groups in total. The van der Waals surface area contributed by atoms with Gasteiger partial charge in [0.05, 0.1) is 6.54 Å². The van der Waals surface area contributed by atoms with Gasteiger partial charge in [0.25, 0.3) is 0 Å². The average molecular weight is 398 g/mol. The number of fused-ring (bicyclic) bond motifs is 1. The second-order valence-electron chi connectivity index (χ2n) is 7.16. The standard InChI is InChI=1S/C20H26N6O3/c1-28-14-18-23-19(29-24-18)13-25-8-10-26(11-9-25)20(27)21-7-6-16-12-15-4-2-3-5-17(15)22-16/h2-5,12,22H,6-11,13-14H2,1H3,(H,21,27). The lowest BCUT2D eigenvalue weighted by Gasteiger charge is -2.33. The molecule has 9 heteroatoms. The summed E-state index contributed by atoms with van der Waals surface area (Å²) in [5, 5.41) is 8.09. The summed E-state index contributed by atoms with van der Waals surface area (Å²) in [6.45, 7) is 4.45. The van der Waals surface area contributed by atoms with Crippen LogP contribution < -0.4 is 5.32 Å². The van der Waals surface area contributed by atoms with Crippen LogP contribution in [0.5, 0.6) is 0 Å². The van der Waals surface area contributed by atoms with E-state index in [4.69, 9.17) is 9.26 Å². The van der Waals surface area contributed by atoms with Crippen LogP contribution in [-0.4, -0.2) is 70.8 Å². The number of urea groups is 1. The molecule has 3 heterocycles. The molecule has 0 radical (unpaired) electrons. The number of aromatic amines is 1. The Morgan fingerprint density at radius 2 is 2.10 bits per heavy atom. The topological polar surface area (TPSA) is 99.5 Å². The molecule has 1 aliphatic heterocycles. The average Bonchev–Trinajstić information content (AvgIpc) is 3.35. The normalized spacial score (nSPS) is 15.1. The Balaban J connectivity index is 1.18. The van der Waals surface area contributed by atoms with Crippen molar-refractivity contribution in [1.29, 1.82) is 0 Å². The Bertz CT molecular complexity index is 912. The third kappa shape index (κ3) is 4.93.